The van der Waals surface area contributed by atoms with Crippen LogP contribution < -0.4 is 5.32 Å². The Balaban J connectivity index is 1.52. The summed E-state index contributed by atoms with van der Waals surface area (Å²) in [6.45, 7) is 9.28. The maximum atomic E-state index is 11.9. The highest BCUT2D eigenvalue weighted by Gasteiger charge is 2.34. The molecule has 0 spiro atoms. The van der Waals surface area contributed by atoms with E-state index in [4.69, 9.17) is 4.74 Å². The van der Waals surface area contributed by atoms with Crippen LogP contribution >= 0.6 is 11.3 Å². The monoisotopic (exact) mass is 332 g/mol. The van der Waals surface area contributed by atoms with Crippen LogP contribution in [-0.2, 0) is 4.74 Å². The molecule has 1 aromatic heterocycles. The van der Waals surface area contributed by atoms with E-state index < -0.39 is 5.60 Å². The summed E-state index contributed by atoms with van der Waals surface area (Å²) in [5.41, 5.74) is -0.431. The van der Waals surface area contributed by atoms with Crippen molar-refractivity contribution in [2.75, 3.05) is 13.1 Å². The average Bonchev–Trinajstić information content (AvgIpc) is 2.83. The third-order valence-corrected chi connectivity index (χ3v) is 5.19. The van der Waals surface area contributed by atoms with E-state index in [0.29, 0.717) is 19.1 Å². The molecule has 0 radical (unpaired) electrons. The molecular weight excluding hydrogens is 308 g/mol. The Morgan fingerprint density at radius 1 is 1.35 bits per heavy atom. The van der Waals surface area contributed by atoms with Gasteiger partial charge in [0.25, 0.3) is 0 Å². The van der Waals surface area contributed by atoms with E-state index in [-0.39, 0.29) is 12.1 Å². The van der Waals surface area contributed by atoms with Gasteiger partial charge < -0.3 is 15.0 Å². The number of carbonyl (C=O) groups excluding carboxylic acids is 1. The van der Waals surface area contributed by atoms with Crippen molar-refractivity contribution < 1.29 is 9.53 Å². The lowest BCUT2D eigenvalue weighted by Gasteiger charge is -2.41. The molecule has 2 heterocycles. The van der Waals surface area contributed by atoms with Crippen LogP contribution in [0.5, 0.6) is 0 Å². The fraction of sp³-hybridized carbons (Fsp3) is 0.500. The number of hydrogen-bond donors (Lipinski definition) is 1. The van der Waals surface area contributed by atoms with Crippen LogP contribution in [0.1, 0.15) is 38.6 Å². The third kappa shape index (κ3) is 3.85. The summed E-state index contributed by atoms with van der Waals surface area (Å²) < 4.78 is 6.70. The molecule has 1 aliphatic rings. The molecule has 23 heavy (non-hydrogen) atoms. The van der Waals surface area contributed by atoms with Gasteiger partial charge >= 0.3 is 6.09 Å². The maximum absolute atomic E-state index is 11.9. The summed E-state index contributed by atoms with van der Waals surface area (Å²) >= 11 is 1.83. The quantitative estimate of drug-likeness (QED) is 0.917. The highest BCUT2D eigenvalue weighted by atomic mass is 32.1. The predicted octanol–water partition coefficient (Wildman–Crippen LogP) is 4.17. The van der Waals surface area contributed by atoms with Crippen LogP contribution in [0.25, 0.3) is 10.1 Å². The summed E-state index contributed by atoms with van der Waals surface area (Å²) in [6, 6.07) is 11.3. The number of carbonyl (C=O) groups is 1. The SMILES string of the molecule is CC(NC1CN(C(=O)OC(C)(C)C)C1)c1cc2ccccc2s1. The van der Waals surface area contributed by atoms with Crippen molar-refractivity contribution in [3.63, 3.8) is 0 Å². The number of amides is 1. The fourth-order valence-electron chi connectivity index (χ4n) is 2.71. The molecule has 1 amide bonds. The minimum atomic E-state index is -0.431. The largest absolute Gasteiger partial charge is 0.444 e. The fourth-order valence-corrected chi connectivity index (χ4v) is 3.79. The zero-order chi connectivity index (χ0) is 16.6. The van der Waals surface area contributed by atoms with Crippen LogP contribution in [-0.4, -0.2) is 35.7 Å². The Kier molecular flexibility index (Phi) is 4.34. The number of thiophene rings is 1. The van der Waals surface area contributed by atoms with E-state index in [1.165, 1.54) is 15.0 Å². The molecule has 1 saturated heterocycles. The minimum Gasteiger partial charge on any atom is -0.444 e. The van der Waals surface area contributed by atoms with E-state index in [1.54, 1.807) is 4.90 Å². The van der Waals surface area contributed by atoms with Crippen molar-refractivity contribution in [2.24, 2.45) is 0 Å². The molecule has 1 unspecified atom stereocenters. The van der Waals surface area contributed by atoms with Crippen molar-refractivity contribution in [1.29, 1.82) is 0 Å². The van der Waals surface area contributed by atoms with Gasteiger partial charge in [0, 0.05) is 34.8 Å². The van der Waals surface area contributed by atoms with Crippen molar-refractivity contribution in [2.45, 2.75) is 45.4 Å². The number of ether oxygens (including phenoxy) is 1. The van der Waals surface area contributed by atoms with Gasteiger partial charge in [0.1, 0.15) is 5.60 Å². The van der Waals surface area contributed by atoms with Gasteiger partial charge in [-0.15, -0.1) is 11.3 Å². The van der Waals surface area contributed by atoms with Crippen molar-refractivity contribution in [3.05, 3.63) is 35.2 Å². The second-order valence-corrected chi connectivity index (χ2v) is 8.27. The first-order valence-electron chi connectivity index (χ1n) is 8.04. The van der Waals surface area contributed by atoms with Crippen LogP contribution in [0.15, 0.2) is 30.3 Å². The second kappa shape index (κ2) is 6.13. The minimum absolute atomic E-state index is 0.218. The second-order valence-electron chi connectivity index (χ2n) is 7.16. The number of nitrogens with zero attached hydrogens (tertiary/aromatic N) is 1. The molecule has 1 aliphatic heterocycles. The summed E-state index contributed by atoms with van der Waals surface area (Å²) in [5.74, 6) is 0. The van der Waals surface area contributed by atoms with Crippen LogP contribution in [0.3, 0.4) is 0 Å². The Hall–Kier alpha value is -1.59. The van der Waals surface area contributed by atoms with Crippen molar-refractivity contribution in [3.8, 4) is 0 Å². The van der Waals surface area contributed by atoms with Gasteiger partial charge in [0.15, 0.2) is 0 Å². The van der Waals surface area contributed by atoms with Gasteiger partial charge in [-0.1, -0.05) is 18.2 Å². The molecule has 3 rings (SSSR count). The van der Waals surface area contributed by atoms with Gasteiger partial charge in [0.2, 0.25) is 0 Å². The molecule has 124 valence electrons. The molecule has 0 saturated carbocycles. The summed E-state index contributed by atoms with van der Waals surface area (Å²) in [4.78, 5) is 15.0. The number of rotatable bonds is 3. The van der Waals surface area contributed by atoms with Crippen molar-refractivity contribution >= 4 is 27.5 Å². The molecule has 0 aliphatic carbocycles. The lowest BCUT2D eigenvalue weighted by atomic mass is 10.1. The molecule has 1 N–H and O–H groups in total. The average molecular weight is 332 g/mol. The summed E-state index contributed by atoms with van der Waals surface area (Å²) in [5, 5.41) is 4.90. The Bertz CT molecular complexity index is 665. The highest BCUT2D eigenvalue weighted by Crippen LogP contribution is 2.30. The summed E-state index contributed by atoms with van der Waals surface area (Å²) in [7, 11) is 0. The Morgan fingerprint density at radius 2 is 2.04 bits per heavy atom. The van der Waals surface area contributed by atoms with E-state index in [1.807, 2.05) is 32.1 Å². The molecule has 1 atom stereocenters. The molecule has 1 aromatic carbocycles. The molecular formula is C18H24N2O2S. The van der Waals surface area contributed by atoms with Crippen LogP contribution in [0.4, 0.5) is 4.79 Å². The number of benzene rings is 1. The molecule has 0 bridgehead atoms. The lowest BCUT2D eigenvalue weighted by molar-refractivity contribution is 0.00438. The number of hydrogen-bond acceptors (Lipinski definition) is 4. The number of likely N-dealkylation sites (tertiary alicyclic amines) is 1. The van der Waals surface area contributed by atoms with Gasteiger partial charge in [0.05, 0.1) is 0 Å². The van der Waals surface area contributed by atoms with E-state index in [9.17, 15) is 4.79 Å². The van der Waals surface area contributed by atoms with Gasteiger partial charge in [-0.05, 0) is 45.2 Å². The zero-order valence-electron chi connectivity index (χ0n) is 14.1. The van der Waals surface area contributed by atoms with E-state index in [2.05, 4.69) is 42.6 Å². The predicted molar refractivity (Wildman–Crippen MR) is 95.0 cm³/mol. The molecule has 1 fully saturated rings. The number of fused-ring (bicyclic) bond motifs is 1. The Labute approximate surface area is 141 Å². The van der Waals surface area contributed by atoms with Gasteiger partial charge in [-0.2, -0.15) is 0 Å². The summed E-state index contributed by atoms with van der Waals surface area (Å²) in [6.07, 6.45) is -0.218. The Morgan fingerprint density at radius 3 is 2.70 bits per heavy atom. The third-order valence-electron chi connectivity index (χ3n) is 3.89. The molecule has 5 heteroatoms. The van der Waals surface area contributed by atoms with Crippen molar-refractivity contribution in [1.82, 2.24) is 10.2 Å². The van der Waals surface area contributed by atoms with E-state index in [0.717, 1.165) is 0 Å². The normalized spacial score (nSPS) is 17.1. The van der Waals surface area contributed by atoms with E-state index >= 15 is 0 Å². The molecule has 4 nitrogen and oxygen atoms in total. The smallest absolute Gasteiger partial charge is 0.410 e. The first-order valence-corrected chi connectivity index (χ1v) is 8.86. The topological polar surface area (TPSA) is 41.6 Å². The zero-order valence-corrected chi connectivity index (χ0v) is 14.9. The van der Waals surface area contributed by atoms with Gasteiger partial charge in [-0.25, -0.2) is 4.79 Å². The first-order chi connectivity index (χ1) is 10.8. The maximum Gasteiger partial charge on any atom is 0.410 e. The first kappa shape index (κ1) is 16.3. The standard InChI is InChI=1S/C18H24N2O2S/c1-12(16-9-13-7-5-6-8-15(13)23-16)19-14-10-20(11-14)17(21)22-18(2,3)4/h5-9,12,14,19H,10-11H2,1-4H3. The highest BCUT2D eigenvalue weighted by molar-refractivity contribution is 7.19. The number of nitrogens with one attached hydrogen (secondary N) is 1. The lowest BCUT2D eigenvalue weighted by Crippen LogP contribution is -2.60. The van der Waals surface area contributed by atoms with Crippen LogP contribution in [0, 0.1) is 0 Å². The van der Waals surface area contributed by atoms with Crippen LogP contribution in [0.2, 0.25) is 0 Å². The van der Waals surface area contributed by atoms with Gasteiger partial charge in [-0.3, -0.25) is 0 Å². The molecule has 2 aromatic rings.